The van der Waals surface area contributed by atoms with Crippen LogP contribution in [0.15, 0.2) is 95.9 Å². The maximum absolute atomic E-state index is 14.2. The molecule has 0 unspecified atom stereocenters. The first-order valence-corrected chi connectivity index (χ1v) is 12.7. The van der Waals surface area contributed by atoms with E-state index in [9.17, 15) is 9.18 Å². The fraction of sp³-hybridized carbons (Fsp3) is 0.296. The van der Waals surface area contributed by atoms with Crippen molar-refractivity contribution in [2.24, 2.45) is 0 Å². The van der Waals surface area contributed by atoms with Crippen LogP contribution in [0.5, 0.6) is 0 Å². The minimum absolute atomic E-state index is 0.140. The van der Waals surface area contributed by atoms with Crippen LogP contribution >= 0.6 is 23.1 Å². The number of nitrogens with one attached hydrogen (secondary N) is 2. The molecule has 188 valence electrons. The van der Waals surface area contributed by atoms with Gasteiger partial charge in [-0.3, -0.25) is 4.79 Å². The minimum atomic E-state index is -0.506. The summed E-state index contributed by atoms with van der Waals surface area (Å²) in [5.41, 5.74) is 2.69. The number of allylic oxidation sites excluding steroid dienone is 6. The summed E-state index contributed by atoms with van der Waals surface area (Å²) in [7, 11) is 0. The molecule has 1 aromatic rings. The normalized spacial score (nSPS) is 11.2. The molecule has 8 heteroatoms. The molecule has 0 fully saturated rings. The van der Waals surface area contributed by atoms with Gasteiger partial charge in [0.15, 0.2) is 0 Å². The Kier molecular flexibility index (Phi) is 13.0. The molecule has 1 amide bonds. The quantitative estimate of drug-likeness (QED) is 0.163. The minimum Gasteiger partial charge on any atom is -0.354 e. The van der Waals surface area contributed by atoms with Gasteiger partial charge in [-0.05, 0) is 54.7 Å². The lowest BCUT2D eigenvalue weighted by molar-refractivity contribution is -0.115. The van der Waals surface area contributed by atoms with E-state index in [1.165, 1.54) is 23.1 Å². The Hall–Kier alpha value is -2.97. The first kappa shape index (κ1) is 30.1. The van der Waals surface area contributed by atoms with E-state index in [2.05, 4.69) is 66.9 Å². The molecule has 35 heavy (non-hydrogen) atoms. The molecule has 0 aliphatic heterocycles. The summed E-state index contributed by atoms with van der Waals surface area (Å²) in [6, 6.07) is 0. The summed E-state index contributed by atoms with van der Waals surface area (Å²) in [6.07, 6.45) is 5.61. The van der Waals surface area contributed by atoms with Crippen LogP contribution in [-0.4, -0.2) is 16.1 Å². The van der Waals surface area contributed by atoms with Crippen molar-refractivity contribution in [3.8, 4) is 0 Å². The van der Waals surface area contributed by atoms with Crippen molar-refractivity contribution in [2.75, 3.05) is 5.32 Å². The number of carbonyl (C=O) groups is 1. The molecule has 0 radical (unpaired) electrons. The number of halogens is 1. The van der Waals surface area contributed by atoms with Crippen LogP contribution in [0.4, 0.5) is 9.52 Å². The van der Waals surface area contributed by atoms with Crippen molar-refractivity contribution in [1.82, 2.24) is 15.5 Å². The number of aryl methyl sites for hydroxylation is 1. The van der Waals surface area contributed by atoms with Crippen LogP contribution < -0.4 is 10.6 Å². The van der Waals surface area contributed by atoms with E-state index in [0.717, 1.165) is 51.9 Å². The lowest BCUT2D eigenvalue weighted by Gasteiger charge is -2.13. The van der Waals surface area contributed by atoms with Gasteiger partial charge in [0.25, 0.3) is 0 Å². The molecule has 5 nitrogen and oxygen atoms in total. The molecule has 0 aliphatic rings. The van der Waals surface area contributed by atoms with Gasteiger partial charge in [-0.25, -0.2) is 4.39 Å². The van der Waals surface area contributed by atoms with E-state index < -0.39 is 5.83 Å². The average Bonchev–Trinajstić information content (AvgIpc) is 3.20. The van der Waals surface area contributed by atoms with E-state index in [4.69, 9.17) is 0 Å². The number of nitrogens with zero attached hydrogens (tertiary/aromatic N) is 2. The average molecular weight is 515 g/mol. The highest BCUT2D eigenvalue weighted by atomic mass is 32.2. The predicted molar refractivity (Wildman–Crippen MR) is 151 cm³/mol. The Morgan fingerprint density at radius 2 is 1.74 bits per heavy atom. The molecule has 0 aliphatic carbocycles. The van der Waals surface area contributed by atoms with Crippen molar-refractivity contribution < 1.29 is 9.18 Å². The number of anilines is 1. The van der Waals surface area contributed by atoms with Crippen LogP contribution in [0.3, 0.4) is 0 Å². The third-order valence-electron chi connectivity index (χ3n) is 4.61. The molecule has 0 aromatic carbocycles. The van der Waals surface area contributed by atoms with E-state index in [1.54, 1.807) is 19.9 Å². The zero-order valence-corrected chi connectivity index (χ0v) is 22.4. The fourth-order valence-corrected chi connectivity index (χ4v) is 4.43. The topological polar surface area (TPSA) is 66.9 Å². The van der Waals surface area contributed by atoms with E-state index in [1.807, 2.05) is 0 Å². The highest BCUT2D eigenvalue weighted by Crippen LogP contribution is 2.27. The molecule has 0 saturated heterocycles. The summed E-state index contributed by atoms with van der Waals surface area (Å²) in [5, 5.41) is 16.0. The van der Waals surface area contributed by atoms with Crippen molar-refractivity contribution in [3.63, 3.8) is 0 Å². The third-order valence-corrected chi connectivity index (χ3v) is 6.35. The molecule has 1 heterocycles. The van der Waals surface area contributed by atoms with Gasteiger partial charge in [-0.15, -0.1) is 10.2 Å². The van der Waals surface area contributed by atoms with Gasteiger partial charge in [0, 0.05) is 18.5 Å². The van der Waals surface area contributed by atoms with Crippen molar-refractivity contribution in [3.05, 3.63) is 101 Å². The van der Waals surface area contributed by atoms with Gasteiger partial charge >= 0.3 is 0 Å². The molecule has 0 saturated carbocycles. The summed E-state index contributed by atoms with van der Waals surface area (Å²) >= 11 is 2.81. The number of thioether (sulfide) groups is 1. The fourth-order valence-electron chi connectivity index (χ4n) is 2.84. The van der Waals surface area contributed by atoms with Crippen molar-refractivity contribution in [1.29, 1.82) is 0 Å². The van der Waals surface area contributed by atoms with E-state index in [-0.39, 0.29) is 23.5 Å². The van der Waals surface area contributed by atoms with Crippen LogP contribution in [0.2, 0.25) is 0 Å². The maximum atomic E-state index is 14.2. The molecule has 0 bridgehead atoms. The first-order valence-electron chi connectivity index (χ1n) is 11.0. The second kappa shape index (κ2) is 15.1. The van der Waals surface area contributed by atoms with Gasteiger partial charge in [0.2, 0.25) is 11.0 Å². The van der Waals surface area contributed by atoms with Crippen LogP contribution in [0.1, 0.15) is 51.0 Å². The number of amides is 1. The third kappa shape index (κ3) is 11.8. The molecule has 0 atom stereocenters. The molecule has 0 spiro atoms. The Labute approximate surface area is 217 Å². The number of hydrogen-bond donors (Lipinski definition) is 2. The van der Waals surface area contributed by atoms with Gasteiger partial charge in [-0.1, -0.05) is 80.8 Å². The SMILES string of the molecule is C=CC(=C)CC(=C)NC(=C)SC(=C)CCCCc1nnc(NC(=O)C/C(C(=C)C)=C(\F)C(=C)C)s1. The number of carbonyl (C=O) groups excluding carboxylic acids is 1. The van der Waals surface area contributed by atoms with Gasteiger partial charge in [-0.2, -0.15) is 0 Å². The van der Waals surface area contributed by atoms with Crippen LogP contribution in [0.25, 0.3) is 0 Å². The monoisotopic (exact) mass is 514 g/mol. The molecule has 1 aromatic heterocycles. The summed E-state index contributed by atoms with van der Waals surface area (Å²) in [5.74, 6) is -0.881. The Bertz CT molecular complexity index is 1060. The molecule has 1 rings (SSSR count). The molecule has 2 N–H and O–H groups in total. The summed E-state index contributed by atoms with van der Waals surface area (Å²) in [6.45, 7) is 30.2. The van der Waals surface area contributed by atoms with Gasteiger partial charge in [0.05, 0.1) is 11.4 Å². The Morgan fingerprint density at radius 1 is 1.06 bits per heavy atom. The Balaban J connectivity index is 2.41. The number of hydrogen-bond acceptors (Lipinski definition) is 6. The van der Waals surface area contributed by atoms with E-state index in [0.29, 0.717) is 17.1 Å². The first-order chi connectivity index (χ1) is 16.4. The summed E-state index contributed by atoms with van der Waals surface area (Å²) < 4.78 is 14.2. The number of rotatable bonds is 17. The zero-order chi connectivity index (χ0) is 26.5. The van der Waals surface area contributed by atoms with Gasteiger partial charge in [0.1, 0.15) is 10.8 Å². The van der Waals surface area contributed by atoms with Gasteiger partial charge < -0.3 is 10.6 Å². The Morgan fingerprint density at radius 3 is 2.34 bits per heavy atom. The summed E-state index contributed by atoms with van der Waals surface area (Å²) in [4.78, 5) is 13.3. The predicted octanol–water partition coefficient (Wildman–Crippen LogP) is 7.91. The number of aromatic nitrogens is 2. The van der Waals surface area contributed by atoms with Crippen LogP contribution in [-0.2, 0) is 11.2 Å². The largest absolute Gasteiger partial charge is 0.354 e. The highest BCUT2D eigenvalue weighted by Gasteiger charge is 2.15. The lowest BCUT2D eigenvalue weighted by Crippen LogP contribution is -2.13. The zero-order valence-electron chi connectivity index (χ0n) is 20.8. The maximum Gasteiger partial charge on any atom is 0.230 e. The highest BCUT2D eigenvalue weighted by molar-refractivity contribution is 8.06. The van der Waals surface area contributed by atoms with Crippen molar-refractivity contribution in [2.45, 2.75) is 52.4 Å². The van der Waals surface area contributed by atoms with E-state index >= 15 is 0 Å². The standard InChI is InChI=1S/C27H35FN4OS2/c1-10-19(6)15-20(7)29-22(9)34-21(8)13-11-12-14-25-31-32-27(35-25)30-24(33)16-23(17(2)3)26(28)18(4)5/h10,29H,1-2,4,6-9,11-16H2,3,5H3,(H,30,32,33)/b26-23+. The smallest absolute Gasteiger partial charge is 0.230 e. The number of unbranched alkanes of at least 4 members (excludes halogenated alkanes) is 1. The second-order valence-corrected chi connectivity index (χ2v) is 10.5. The van der Waals surface area contributed by atoms with Crippen LogP contribution in [0, 0.1) is 0 Å². The molecular weight excluding hydrogens is 479 g/mol. The second-order valence-electron chi connectivity index (χ2n) is 8.12. The molecular formula is C27H35FN4OS2. The van der Waals surface area contributed by atoms with Crippen molar-refractivity contribution >= 4 is 34.1 Å². The lowest BCUT2D eigenvalue weighted by atomic mass is 10.0.